The largest absolute Gasteiger partial charge is 0.353 e. The van der Waals surface area contributed by atoms with E-state index in [0.717, 1.165) is 31.4 Å². The number of benzene rings is 1. The van der Waals surface area contributed by atoms with Crippen LogP contribution in [0.1, 0.15) is 25.8 Å². The van der Waals surface area contributed by atoms with Crippen molar-refractivity contribution < 1.29 is 0 Å². The molecule has 0 amide bonds. The Morgan fingerprint density at radius 2 is 2.16 bits per heavy atom. The smallest absolute Gasteiger partial charge is 0.198 e. The molecule has 0 radical (unpaired) electrons. The highest BCUT2D eigenvalue weighted by atomic mass is 127. The summed E-state index contributed by atoms with van der Waals surface area (Å²) in [7, 11) is 0. The van der Waals surface area contributed by atoms with Crippen LogP contribution in [0.25, 0.3) is 0 Å². The van der Waals surface area contributed by atoms with Gasteiger partial charge < -0.3 is 10.2 Å². The Morgan fingerprint density at radius 3 is 2.84 bits per heavy atom. The molecule has 0 aromatic heterocycles. The van der Waals surface area contributed by atoms with Crippen LogP contribution in [0.2, 0.25) is 0 Å². The summed E-state index contributed by atoms with van der Waals surface area (Å²) in [5.41, 5.74) is 2.76. The number of anilines is 1. The van der Waals surface area contributed by atoms with E-state index in [4.69, 9.17) is 0 Å². The Balaban J connectivity index is 0.00000133. The van der Waals surface area contributed by atoms with Crippen molar-refractivity contribution >= 4 is 35.6 Å². The number of hydrogen-bond acceptors (Lipinski definition) is 1. The van der Waals surface area contributed by atoms with Crippen LogP contribution in [0, 0.1) is 5.92 Å². The second kappa shape index (κ2) is 6.11. The average molecular weight is 371 g/mol. The van der Waals surface area contributed by atoms with Crippen molar-refractivity contribution in [1.82, 2.24) is 5.32 Å². The summed E-state index contributed by atoms with van der Waals surface area (Å²) in [5.74, 6) is 1.86. The van der Waals surface area contributed by atoms with Gasteiger partial charge in [-0.25, -0.2) is 0 Å². The summed E-state index contributed by atoms with van der Waals surface area (Å²) < 4.78 is 0. The normalized spacial score (nSPS) is 24.7. The van der Waals surface area contributed by atoms with Gasteiger partial charge in [-0.15, -0.1) is 24.0 Å². The summed E-state index contributed by atoms with van der Waals surface area (Å²) in [6.45, 7) is 6.27. The molecule has 1 fully saturated rings. The SMILES string of the molecule is CCN=C(NC1CC1C)N1CCc2ccccc21.I. The molecule has 1 saturated carbocycles. The lowest BCUT2D eigenvalue weighted by atomic mass is 10.2. The highest BCUT2D eigenvalue weighted by Gasteiger charge is 2.35. The van der Waals surface area contributed by atoms with Gasteiger partial charge in [0.15, 0.2) is 5.96 Å². The zero-order valence-electron chi connectivity index (χ0n) is 11.6. The predicted molar refractivity (Wildman–Crippen MR) is 91.6 cm³/mol. The molecule has 2 unspecified atom stereocenters. The maximum atomic E-state index is 4.65. The molecule has 0 spiro atoms. The number of guanidine groups is 1. The monoisotopic (exact) mass is 371 g/mol. The van der Waals surface area contributed by atoms with Crippen LogP contribution in [-0.2, 0) is 6.42 Å². The number of fused-ring (bicyclic) bond motifs is 1. The lowest BCUT2D eigenvalue weighted by molar-refractivity contribution is 0.789. The minimum atomic E-state index is 0. The Morgan fingerprint density at radius 1 is 1.42 bits per heavy atom. The van der Waals surface area contributed by atoms with Gasteiger partial charge in [0.05, 0.1) is 0 Å². The zero-order valence-corrected chi connectivity index (χ0v) is 13.9. The van der Waals surface area contributed by atoms with E-state index in [2.05, 4.69) is 53.3 Å². The fraction of sp³-hybridized carbons (Fsp3) is 0.533. The van der Waals surface area contributed by atoms with E-state index in [9.17, 15) is 0 Å². The number of nitrogens with one attached hydrogen (secondary N) is 1. The second-order valence-electron chi connectivity index (χ2n) is 5.29. The Bertz CT molecular complexity index is 472. The molecule has 1 N–H and O–H groups in total. The Hall–Kier alpha value is -0.780. The summed E-state index contributed by atoms with van der Waals surface area (Å²) in [6, 6.07) is 9.28. The first-order valence-corrected chi connectivity index (χ1v) is 6.96. The molecular weight excluding hydrogens is 349 g/mol. The van der Waals surface area contributed by atoms with Gasteiger partial charge in [0.2, 0.25) is 0 Å². The van der Waals surface area contributed by atoms with Gasteiger partial charge in [-0.1, -0.05) is 25.1 Å². The predicted octanol–water partition coefficient (Wildman–Crippen LogP) is 3.04. The van der Waals surface area contributed by atoms with Crippen LogP contribution >= 0.6 is 24.0 Å². The summed E-state index contributed by atoms with van der Waals surface area (Å²) in [6.07, 6.45) is 2.40. The highest BCUT2D eigenvalue weighted by Crippen LogP contribution is 2.31. The quantitative estimate of drug-likeness (QED) is 0.492. The van der Waals surface area contributed by atoms with Gasteiger partial charge in [0.25, 0.3) is 0 Å². The van der Waals surface area contributed by atoms with Gasteiger partial charge in [-0.05, 0) is 37.3 Å². The maximum Gasteiger partial charge on any atom is 0.198 e. The van der Waals surface area contributed by atoms with Crippen molar-refractivity contribution in [1.29, 1.82) is 0 Å². The number of nitrogens with zero attached hydrogens (tertiary/aromatic N) is 2. The molecule has 104 valence electrons. The molecule has 1 aromatic rings. The van der Waals surface area contributed by atoms with E-state index in [-0.39, 0.29) is 24.0 Å². The van der Waals surface area contributed by atoms with Crippen LogP contribution < -0.4 is 10.2 Å². The molecule has 19 heavy (non-hydrogen) atoms. The van der Waals surface area contributed by atoms with Crippen molar-refractivity contribution in [2.45, 2.75) is 32.7 Å². The third kappa shape index (κ3) is 3.04. The lowest BCUT2D eigenvalue weighted by Gasteiger charge is -2.22. The maximum absolute atomic E-state index is 4.65. The van der Waals surface area contributed by atoms with Gasteiger partial charge in [0, 0.05) is 24.8 Å². The van der Waals surface area contributed by atoms with E-state index in [1.165, 1.54) is 17.7 Å². The van der Waals surface area contributed by atoms with Crippen LogP contribution in [0.3, 0.4) is 0 Å². The summed E-state index contributed by atoms with van der Waals surface area (Å²) in [5, 5.41) is 3.60. The molecule has 2 atom stereocenters. The fourth-order valence-electron chi connectivity index (χ4n) is 2.61. The molecule has 0 saturated heterocycles. The zero-order chi connectivity index (χ0) is 12.5. The van der Waals surface area contributed by atoms with Crippen LogP contribution in [0.15, 0.2) is 29.3 Å². The minimum Gasteiger partial charge on any atom is -0.353 e. The van der Waals surface area contributed by atoms with Crippen molar-refractivity contribution in [2.24, 2.45) is 10.9 Å². The van der Waals surface area contributed by atoms with E-state index in [1.54, 1.807) is 0 Å². The molecule has 4 heteroatoms. The number of rotatable bonds is 2. The molecule has 3 rings (SSSR count). The second-order valence-corrected chi connectivity index (χ2v) is 5.29. The summed E-state index contributed by atoms with van der Waals surface area (Å²) in [4.78, 5) is 6.99. The highest BCUT2D eigenvalue weighted by molar-refractivity contribution is 14.0. The molecule has 2 aliphatic rings. The molecule has 1 aromatic carbocycles. The lowest BCUT2D eigenvalue weighted by Crippen LogP contribution is -2.42. The van der Waals surface area contributed by atoms with Gasteiger partial charge in [-0.3, -0.25) is 4.99 Å². The number of para-hydroxylation sites is 1. The molecule has 0 bridgehead atoms. The first kappa shape index (κ1) is 14.6. The van der Waals surface area contributed by atoms with E-state index in [1.807, 2.05) is 0 Å². The standard InChI is InChI=1S/C15H21N3.HI/c1-3-16-15(17-13-10-11(13)2)18-9-8-12-6-4-5-7-14(12)18;/h4-7,11,13H,3,8-10H2,1-2H3,(H,16,17);1H. The first-order chi connectivity index (χ1) is 8.79. The number of aliphatic imine (C=N–C) groups is 1. The van der Waals surface area contributed by atoms with Gasteiger partial charge in [0.1, 0.15) is 0 Å². The van der Waals surface area contributed by atoms with E-state index < -0.39 is 0 Å². The van der Waals surface area contributed by atoms with Crippen LogP contribution in [0.4, 0.5) is 5.69 Å². The fourth-order valence-corrected chi connectivity index (χ4v) is 2.61. The van der Waals surface area contributed by atoms with Gasteiger partial charge >= 0.3 is 0 Å². The minimum absolute atomic E-state index is 0. The third-order valence-corrected chi connectivity index (χ3v) is 3.87. The Kier molecular flexibility index (Phi) is 4.71. The van der Waals surface area contributed by atoms with E-state index in [0.29, 0.717) is 6.04 Å². The molecule has 3 nitrogen and oxygen atoms in total. The molecular formula is C15H22IN3. The Labute approximate surface area is 132 Å². The first-order valence-electron chi connectivity index (χ1n) is 6.96. The number of halogens is 1. The van der Waals surface area contributed by atoms with Crippen molar-refractivity contribution in [3.63, 3.8) is 0 Å². The van der Waals surface area contributed by atoms with E-state index >= 15 is 0 Å². The molecule has 1 aliphatic carbocycles. The summed E-state index contributed by atoms with van der Waals surface area (Å²) >= 11 is 0. The van der Waals surface area contributed by atoms with Crippen LogP contribution in [0.5, 0.6) is 0 Å². The third-order valence-electron chi connectivity index (χ3n) is 3.87. The molecule has 1 heterocycles. The average Bonchev–Trinajstić information content (AvgIpc) is 2.92. The van der Waals surface area contributed by atoms with Crippen molar-refractivity contribution in [2.75, 3.05) is 18.0 Å². The number of hydrogen-bond donors (Lipinski definition) is 1. The van der Waals surface area contributed by atoms with Crippen molar-refractivity contribution in [3.8, 4) is 0 Å². The van der Waals surface area contributed by atoms with Crippen molar-refractivity contribution in [3.05, 3.63) is 29.8 Å². The van der Waals surface area contributed by atoms with Gasteiger partial charge in [-0.2, -0.15) is 0 Å². The molecule has 1 aliphatic heterocycles. The van der Waals surface area contributed by atoms with Crippen LogP contribution in [-0.4, -0.2) is 25.1 Å². The topological polar surface area (TPSA) is 27.6 Å².